The number of hydrogen-bond acceptors (Lipinski definition) is 4. The molecule has 0 aromatic rings. The first-order valence-corrected chi connectivity index (χ1v) is 7.90. The van der Waals surface area contributed by atoms with E-state index < -0.39 is 5.60 Å². The van der Waals surface area contributed by atoms with E-state index in [9.17, 15) is 4.79 Å². The molecule has 5 heteroatoms. The van der Waals surface area contributed by atoms with E-state index in [1.807, 2.05) is 33.8 Å². The fourth-order valence-corrected chi connectivity index (χ4v) is 2.16. The lowest BCUT2D eigenvalue weighted by Crippen LogP contribution is -2.33. The summed E-state index contributed by atoms with van der Waals surface area (Å²) in [4.78, 5) is 11.5. The van der Waals surface area contributed by atoms with Crippen LogP contribution in [-0.2, 0) is 9.47 Å². The molecule has 0 aromatic heterocycles. The fraction of sp³-hybridized carbons (Fsp3) is 0.706. The van der Waals surface area contributed by atoms with Crippen LogP contribution in [-0.4, -0.2) is 42.2 Å². The van der Waals surface area contributed by atoms with Gasteiger partial charge in [-0.25, -0.2) is 4.79 Å². The number of alkyl carbamates (subject to hydrolysis) is 1. The fourth-order valence-electron chi connectivity index (χ4n) is 2.16. The molecule has 0 radical (unpaired) electrons. The van der Waals surface area contributed by atoms with Gasteiger partial charge in [-0.15, -0.1) is 0 Å². The van der Waals surface area contributed by atoms with Gasteiger partial charge in [-0.2, -0.15) is 0 Å². The Morgan fingerprint density at radius 2 is 2.23 bits per heavy atom. The Hall–Kier alpha value is -1.33. The molecule has 126 valence electrons. The van der Waals surface area contributed by atoms with Crippen LogP contribution in [0.1, 0.15) is 47.0 Å². The second kappa shape index (κ2) is 8.96. The molecule has 0 saturated carbocycles. The number of amides is 1. The van der Waals surface area contributed by atoms with Gasteiger partial charge in [-0.05, 0) is 52.5 Å². The van der Waals surface area contributed by atoms with Crippen molar-refractivity contribution in [3.63, 3.8) is 0 Å². The van der Waals surface area contributed by atoms with Crippen LogP contribution in [0.3, 0.4) is 0 Å². The van der Waals surface area contributed by atoms with Crippen molar-refractivity contribution in [2.45, 2.75) is 64.8 Å². The van der Waals surface area contributed by atoms with E-state index in [0.717, 1.165) is 19.3 Å². The lowest BCUT2D eigenvalue weighted by molar-refractivity contribution is -0.0130. The maximum atomic E-state index is 11.5. The first-order chi connectivity index (χ1) is 10.3. The molecule has 0 aliphatic heterocycles. The number of allylic oxidation sites excluding steroid dienone is 2. The molecule has 5 nitrogen and oxygen atoms in total. The second-order valence-electron chi connectivity index (χ2n) is 6.56. The number of aliphatic hydroxyl groups excluding tert-OH is 1. The Morgan fingerprint density at radius 3 is 2.86 bits per heavy atom. The zero-order chi connectivity index (χ0) is 16.6. The van der Waals surface area contributed by atoms with Crippen LogP contribution >= 0.6 is 0 Å². The lowest BCUT2D eigenvalue weighted by atomic mass is 9.97. The normalized spacial score (nSPS) is 19.5. The van der Waals surface area contributed by atoms with Crippen LogP contribution in [0.15, 0.2) is 23.8 Å². The van der Waals surface area contributed by atoms with Crippen LogP contribution in [0.25, 0.3) is 0 Å². The number of hydrogen-bond donors (Lipinski definition) is 2. The zero-order valence-corrected chi connectivity index (χ0v) is 14.1. The minimum Gasteiger partial charge on any atom is -0.444 e. The van der Waals surface area contributed by atoms with Gasteiger partial charge in [-0.3, -0.25) is 0 Å². The number of nitrogens with one attached hydrogen (secondary N) is 1. The van der Waals surface area contributed by atoms with Crippen LogP contribution in [0.4, 0.5) is 4.79 Å². The first kappa shape index (κ1) is 18.7. The van der Waals surface area contributed by atoms with Crippen molar-refractivity contribution >= 4 is 6.09 Å². The van der Waals surface area contributed by atoms with E-state index in [0.29, 0.717) is 6.54 Å². The highest BCUT2D eigenvalue weighted by Crippen LogP contribution is 2.22. The molecule has 0 fully saturated rings. The summed E-state index contributed by atoms with van der Waals surface area (Å²) in [5, 5.41) is 11.9. The molecule has 1 rings (SSSR count). The number of aliphatic hydroxyl groups is 1. The summed E-state index contributed by atoms with van der Waals surface area (Å²) in [5.74, 6) is 0. The van der Waals surface area contributed by atoms with Crippen molar-refractivity contribution in [1.29, 1.82) is 0 Å². The number of carbonyl (C=O) groups is 1. The molecule has 1 aliphatic carbocycles. The van der Waals surface area contributed by atoms with Gasteiger partial charge in [0.1, 0.15) is 5.60 Å². The van der Waals surface area contributed by atoms with Crippen molar-refractivity contribution in [2.75, 3.05) is 13.2 Å². The Morgan fingerprint density at radius 1 is 1.50 bits per heavy atom. The van der Waals surface area contributed by atoms with Crippen molar-refractivity contribution < 1.29 is 19.4 Å². The van der Waals surface area contributed by atoms with E-state index in [4.69, 9.17) is 14.6 Å². The van der Waals surface area contributed by atoms with Gasteiger partial charge >= 0.3 is 6.09 Å². The Labute approximate surface area is 133 Å². The van der Waals surface area contributed by atoms with E-state index in [1.165, 1.54) is 5.57 Å². The quantitative estimate of drug-likeness (QED) is 0.709. The number of carbonyl (C=O) groups excluding carboxylic acids is 1. The maximum Gasteiger partial charge on any atom is 0.407 e. The highest BCUT2D eigenvalue weighted by atomic mass is 16.6. The Bertz CT molecular complexity index is 409. The average molecular weight is 311 g/mol. The predicted molar refractivity (Wildman–Crippen MR) is 86.7 cm³/mol. The highest BCUT2D eigenvalue weighted by Gasteiger charge is 2.19. The van der Waals surface area contributed by atoms with Crippen LogP contribution in [0, 0.1) is 0 Å². The van der Waals surface area contributed by atoms with Gasteiger partial charge in [-0.1, -0.05) is 18.2 Å². The summed E-state index contributed by atoms with van der Waals surface area (Å²) >= 11 is 0. The van der Waals surface area contributed by atoms with E-state index >= 15 is 0 Å². The standard InChI is InChI=1S/C17H29NO4/c1-13(12-19)21-15-10-6-5-8-14(15)9-7-11-18-16(20)22-17(2,3)4/h5-6,8,13,15,19H,7,9-12H2,1-4H3,(H,18,20)/t13-,15?/m1/s1. The number of rotatable bonds is 7. The first-order valence-electron chi connectivity index (χ1n) is 7.90. The summed E-state index contributed by atoms with van der Waals surface area (Å²) in [6.45, 7) is 7.98. The van der Waals surface area contributed by atoms with Gasteiger partial charge in [0.05, 0.1) is 18.8 Å². The third-order valence-electron chi connectivity index (χ3n) is 3.17. The third kappa shape index (κ3) is 7.61. The molecule has 0 saturated heterocycles. The summed E-state index contributed by atoms with van der Waals surface area (Å²) in [6, 6.07) is 0. The van der Waals surface area contributed by atoms with E-state index in [2.05, 4.69) is 17.5 Å². The van der Waals surface area contributed by atoms with Crippen LogP contribution in [0.2, 0.25) is 0 Å². The van der Waals surface area contributed by atoms with Crippen molar-refractivity contribution in [1.82, 2.24) is 5.32 Å². The molecule has 0 bridgehead atoms. The summed E-state index contributed by atoms with van der Waals surface area (Å²) in [7, 11) is 0. The molecular weight excluding hydrogens is 282 g/mol. The monoisotopic (exact) mass is 311 g/mol. The molecule has 2 N–H and O–H groups in total. The smallest absolute Gasteiger partial charge is 0.407 e. The van der Waals surface area contributed by atoms with Gasteiger partial charge in [0.2, 0.25) is 0 Å². The van der Waals surface area contributed by atoms with Gasteiger partial charge in [0.15, 0.2) is 0 Å². The molecule has 1 amide bonds. The lowest BCUT2D eigenvalue weighted by Gasteiger charge is -2.25. The minimum atomic E-state index is -0.472. The largest absolute Gasteiger partial charge is 0.444 e. The molecule has 22 heavy (non-hydrogen) atoms. The van der Waals surface area contributed by atoms with Crippen molar-refractivity contribution in [3.8, 4) is 0 Å². The molecule has 0 aromatic carbocycles. The summed E-state index contributed by atoms with van der Waals surface area (Å²) < 4.78 is 11.0. The molecule has 0 spiro atoms. The van der Waals surface area contributed by atoms with Gasteiger partial charge in [0, 0.05) is 6.54 Å². The van der Waals surface area contributed by atoms with E-state index in [-0.39, 0.29) is 24.9 Å². The topological polar surface area (TPSA) is 67.8 Å². The van der Waals surface area contributed by atoms with Crippen LogP contribution in [0.5, 0.6) is 0 Å². The molecule has 1 aliphatic rings. The van der Waals surface area contributed by atoms with Gasteiger partial charge < -0.3 is 19.9 Å². The third-order valence-corrected chi connectivity index (χ3v) is 3.17. The molecule has 2 atom stereocenters. The van der Waals surface area contributed by atoms with E-state index in [1.54, 1.807) is 0 Å². The zero-order valence-electron chi connectivity index (χ0n) is 14.1. The summed E-state index contributed by atoms with van der Waals surface area (Å²) in [6.07, 6.45) is 8.13. The highest BCUT2D eigenvalue weighted by molar-refractivity contribution is 5.67. The maximum absolute atomic E-state index is 11.5. The Balaban J connectivity index is 2.31. The minimum absolute atomic E-state index is 0.0215. The average Bonchev–Trinajstić information content (AvgIpc) is 2.43. The second-order valence-corrected chi connectivity index (χ2v) is 6.56. The molecular formula is C17H29NO4. The van der Waals surface area contributed by atoms with Crippen LogP contribution < -0.4 is 5.32 Å². The van der Waals surface area contributed by atoms with Crippen molar-refractivity contribution in [3.05, 3.63) is 23.8 Å². The summed E-state index contributed by atoms with van der Waals surface area (Å²) in [5.41, 5.74) is 0.731. The van der Waals surface area contributed by atoms with Crippen molar-refractivity contribution in [2.24, 2.45) is 0 Å². The SMILES string of the molecule is C[C@H](CO)OC1CC=CC=C1CCCNC(=O)OC(C)(C)C. The predicted octanol–water partition coefficient (Wildman–Crippen LogP) is 2.94. The Kier molecular flexibility index (Phi) is 7.62. The number of ether oxygens (including phenoxy) is 2. The molecule has 0 heterocycles. The molecule has 1 unspecified atom stereocenters. The van der Waals surface area contributed by atoms with Gasteiger partial charge in [0.25, 0.3) is 0 Å².